The van der Waals surface area contributed by atoms with Gasteiger partial charge in [0.15, 0.2) is 0 Å². The molecule has 1 N–H and O–H groups in total. The molecule has 0 amide bonds. The van der Waals surface area contributed by atoms with Crippen molar-refractivity contribution in [1.29, 1.82) is 0 Å². The van der Waals surface area contributed by atoms with Crippen molar-refractivity contribution >= 4 is 11.7 Å². The fourth-order valence-corrected chi connectivity index (χ4v) is 2.04. The summed E-state index contributed by atoms with van der Waals surface area (Å²) in [5, 5.41) is 9.17. The molecule has 0 radical (unpaired) electrons. The Kier molecular flexibility index (Phi) is 3.80. The maximum absolute atomic E-state index is 11.2. The molecule has 2 rings (SSSR count). The van der Waals surface area contributed by atoms with Crippen LogP contribution in [0, 0.1) is 6.92 Å². The molecule has 0 atom stereocenters. The number of carboxylic acid groups (broad SMARTS) is 1. The SMILES string of the molecule is Cc1cccc(CN(C)c2cnccc2C(=O)O)c1. The van der Waals surface area contributed by atoms with Gasteiger partial charge in [-0.05, 0) is 18.6 Å². The van der Waals surface area contributed by atoms with Crippen LogP contribution in [0.4, 0.5) is 5.69 Å². The van der Waals surface area contributed by atoms with Crippen molar-refractivity contribution in [1.82, 2.24) is 4.98 Å². The molecule has 0 aliphatic heterocycles. The highest BCUT2D eigenvalue weighted by atomic mass is 16.4. The van der Waals surface area contributed by atoms with Gasteiger partial charge in [0.05, 0.1) is 17.4 Å². The van der Waals surface area contributed by atoms with Gasteiger partial charge in [-0.3, -0.25) is 4.98 Å². The van der Waals surface area contributed by atoms with Gasteiger partial charge < -0.3 is 10.0 Å². The van der Waals surface area contributed by atoms with Crippen LogP contribution >= 0.6 is 0 Å². The van der Waals surface area contributed by atoms with Crippen molar-refractivity contribution in [2.24, 2.45) is 0 Å². The molecular formula is C15H16N2O2. The maximum atomic E-state index is 11.2. The Labute approximate surface area is 112 Å². The molecule has 0 spiro atoms. The van der Waals surface area contributed by atoms with E-state index in [4.69, 9.17) is 0 Å². The standard InChI is InChI=1S/C15H16N2O2/c1-11-4-3-5-12(8-11)10-17(2)14-9-16-7-6-13(14)15(18)19/h3-9H,10H2,1-2H3,(H,18,19). The lowest BCUT2D eigenvalue weighted by molar-refractivity contribution is 0.0697. The molecule has 1 heterocycles. The third-order valence-electron chi connectivity index (χ3n) is 2.94. The molecule has 0 unspecified atom stereocenters. The van der Waals surface area contributed by atoms with E-state index >= 15 is 0 Å². The minimum Gasteiger partial charge on any atom is -0.478 e. The van der Waals surface area contributed by atoms with Crippen molar-refractivity contribution in [3.63, 3.8) is 0 Å². The van der Waals surface area contributed by atoms with Crippen LogP contribution in [0.3, 0.4) is 0 Å². The van der Waals surface area contributed by atoms with Gasteiger partial charge in [-0.2, -0.15) is 0 Å². The van der Waals surface area contributed by atoms with E-state index in [1.807, 2.05) is 37.1 Å². The van der Waals surface area contributed by atoms with Gasteiger partial charge >= 0.3 is 5.97 Å². The largest absolute Gasteiger partial charge is 0.478 e. The number of nitrogens with zero attached hydrogens (tertiary/aromatic N) is 2. The van der Waals surface area contributed by atoms with Crippen LogP contribution in [-0.2, 0) is 6.54 Å². The highest BCUT2D eigenvalue weighted by Gasteiger charge is 2.13. The fraction of sp³-hybridized carbons (Fsp3) is 0.200. The number of rotatable bonds is 4. The molecule has 0 fully saturated rings. The van der Waals surface area contributed by atoms with Crippen LogP contribution < -0.4 is 4.90 Å². The summed E-state index contributed by atoms with van der Waals surface area (Å²) >= 11 is 0. The van der Waals surface area contributed by atoms with E-state index in [2.05, 4.69) is 11.1 Å². The first-order chi connectivity index (χ1) is 9.08. The van der Waals surface area contributed by atoms with Gasteiger partial charge in [0, 0.05) is 19.8 Å². The lowest BCUT2D eigenvalue weighted by Gasteiger charge is -2.20. The topological polar surface area (TPSA) is 53.4 Å². The maximum Gasteiger partial charge on any atom is 0.337 e. The van der Waals surface area contributed by atoms with Crippen molar-refractivity contribution in [3.05, 3.63) is 59.4 Å². The summed E-state index contributed by atoms with van der Waals surface area (Å²) in [6, 6.07) is 9.67. The molecule has 4 nitrogen and oxygen atoms in total. The van der Waals surface area contributed by atoms with Gasteiger partial charge in [0.1, 0.15) is 0 Å². The summed E-state index contributed by atoms with van der Waals surface area (Å²) in [7, 11) is 1.87. The smallest absolute Gasteiger partial charge is 0.337 e. The number of carboxylic acids is 1. The Bertz CT molecular complexity index is 596. The molecule has 0 saturated carbocycles. The van der Waals surface area contributed by atoms with Gasteiger partial charge in [-0.1, -0.05) is 29.8 Å². The van der Waals surface area contributed by atoms with Crippen molar-refractivity contribution in [2.75, 3.05) is 11.9 Å². The Hall–Kier alpha value is -2.36. The number of hydrogen-bond donors (Lipinski definition) is 1. The van der Waals surface area contributed by atoms with Gasteiger partial charge in [-0.25, -0.2) is 4.79 Å². The minimum absolute atomic E-state index is 0.269. The fourth-order valence-electron chi connectivity index (χ4n) is 2.04. The average Bonchev–Trinajstić information content (AvgIpc) is 2.38. The first-order valence-electron chi connectivity index (χ1n) is 6.02. The zero-order chi connectivity index (χ0) is 13.8. The first kappa shape index (κ1) is 13.1. The van der Waals surface area contributed by atoms with E-state index < -0.39 is 5.97 Å². The monoisotopic (exact) mass is 256 g/mol. The van der Waals surface area contributed by atoms with Crippen LogP contribution in [0.15, 0.2) is 42.7 Å². The van der Waals surface area contributed by atoms with E-state index in [0.717, 1.165) is 5.56 Å². The number of pyridine rings is 1. The third-order valence-corrected chi connectivity index (χ3v) is 2.94. The number of hydrogen-bond acceptors (Lipinski definition) is 3. The van der Waals surface area contributed by atoms with Crippen LogP contribution in [0.25, 0.3) is 0 Å². The predicted molar refractivity (Wildman–Crippen MR) is 74.5 cm³/mol. The average molecular weight is 256 g/mol. The summed E-state index contributed by atoms with van der Waals surface area (Å²) in [5.74, 6) is -0.937. The van der Waals surface area contributed by atoms with Gasteiger partial charge in [-0.15, -0.1) is 0 Å². The second kappa shape index (κ2) is 5.52. The Morgan fingerprint density at radius 3 is 2.84 bits per heavy atom. The normalized spacial score (nSPS) is 10.2. The number of aromatic nitrogens is 1. The van der Waals surface area contributed by atoms with Crippen LogP contribution in [0.1, 0.15) is 21.5 Å². The summed E-state index contributed by atoms with van der Waals surface area (Å²) in [6.07, 6.45) is 3.08. The Balaban J connectivity index is 2.25. The van der Waals surface area contributed by atoms with Crippen LogP contribution in [0.5, 0.6) is 0 Å². The Morgan fingerprint density at radius 2 is 2.16 bits per heavy atom. The molecule has 0 bridgehead atoms. The van der Waals surface area contributed by atoms with Crippen LogP contribution in [-0.4, -0.2) is 23.1 Å². The number of carbonyl (C=O) groups is 1. The zero-order valence-electron chi connectivity index (χ0n) is 11.0. The predicted octanol–water partition coefficient (Wildman–Crippen LogP) is 2.72. The number of aromatic carboxylic acids is 1. The van der Waals surface area contributed by atoms with E-state index in [9.17, 15) is 9.90 Å². The first-order valence-corrected chi connectivity index (χ1v) is 6.02. The molecule has 2 aromatic rings. The third kappa shape index (κ3) is 3.10. The lowest BCUT2D eigenvalue weighted by atomic mass is 10.1. The lowest BCUT2D eigenvalue weighted by Crippen LogP contribution is -2.19. The highest BCUT2D eigenvalue weighted by molar-refractivity contribution is 5.94. The number of anilines is 1. The summed E-state index contributed by atoms with van der Waals surface area (Å²) in [6.45, 7) is 2.68. The molecule has 0 saturated heterocycles. The molecular weight excluding hydrogens is 240 g/mol. The second-order valence-corrected chi connectivity index (χ2v) is 4.54. The molecule has 4 heteroatoms. The van der Waals surface area contributed by atoms with Crippen LogP contribution in [0.2, 0.25) is 0 Å². The second-order valence-electron chi connectivity index (χ2n) is 4.54. The van der Waals surface area contributed by atoms with E-state index in [0.29, 0.717) is 12.2 Å². The van der Waals surface area contributed by atoms with Gasteiger partial charge in [0.2, 0.25) is 0 Å². The van der Waals surface area contributed by atoms with Crippen molar-refractivity contribution < 1.29 is 9.90 Å². The zero-order valence-corrected chi connectivity index (χ0v) is 11.0. The molecule has 0 aliphatic rings. The quantitative estimate of drug-likeness (QED) is 0.913. The summed E-state index contributed by atoms with van der Waals surface area (Å²) in [5.41, 5.74) is 3.22. The van der Waals surface area contributed by atoms with E-state index in [1.165, 1.54) is 17.8 Å². The molecule has 0 aliphatic carbocycles. The van der Waals surface area contributed by atoms with Crippen molar-refractivity contribution in [2.45, 2.75) is 13.5 Å². The minimum atomic E-state index is -0.937. The molecule has 19 heavy (non-hydrogen) atoms. The Morgan fingerprint density at radius 1 is 1.37 bits per heavy atom. The molecule has 1 aromatic carbocycles. The van der Waals surface area contributed by atoms with E-state index in [1.54, 1.807) is 6.20 Å². The highest BCUT2D eigenvalue weighted by Crippen LogP contribution is 2.20. The number of benzene rings is 1. The summed E-state index contributed by atoms with van der Waals surface area (Å²) < 4.78 is 0. The molecule has 98 valence electrons. The molecule has 1 aromatic heterocycles. The van der Waals surface area contributed by atoms with E-state index in [-0.39, 0.29) is 5.56 Å². The van der Waals surface area contributed by atoms with Crippen molar-refractivity contribution in [3.8, 4) is 0 Å². The number of aryl methyl sites for hydroxylation is 1. The summed E-state index contributed by atoms with van der Waals surface area (Å²) in [4.78, 5) is 17.1. The van der Waals surface area contributed by atoms with Gasteiger partial charge in [0.25, 0.3) is 0 Å².